The Morgan fingerprint density at radius 1 is 1.50 bits per heavy atom. The summed E-state index contributed by atoms with van der Waals surface area (Å²) in [6.07, 6.45) is 3.53. The van der Waals surface area contributed by atoms with Gasteiger partial charge >= 0.3 is 12.0 Å². The molecule has 1 aromatic carbocycles. The van der Waals surface area contributed by atoms with E-state index in [1.165, 1.54) is 6.07 Å². The summed E-state index contributed by atoms with van der Waals surface area (Å²) < 4.78 is 13.3. The first kappa shape index (κ1) is 14.0. The largest absolute Gasteiger partial charge is 0.478 e. The van der Waals surface area contributed by atoms with E-state index in [2.05, 4.69) is 11.9 Å². The minimum absolute atomic E-state index is 0.201. The standard InChI is InChI=1S/C14H15FN2O3/c1-2-7-17(10-4-5-10)14(20)16-9-3-6-12(15)11(8-9)13(18)19/h2-3,6,8,10H,1,4-5,7H2,(H,16,20)(H,18,19). The molecule has 2 rings (SSSR count). The number of hydrogen-bond acceptors (Lipinski definition) is 2. The smallest absolute Gasteiger partial charge is 0.338 e. The molecule has 0 aliphatic heterocycles. The third-order valence-corrected chi connectivity index (χ3v) is 3.02. The maximum atomic E-state index is 13.3. The minimum atomic E-state index is -1.37. The van der Waals surface area contributed by atoms with Crippen LogP contribution in [0.3, 0.4) is 0 Å². The molecule has 0 bridgehead atoms. The molecule has 1 fully saturated rings. The lowest BCUT2D eigenvalue weighted by Gasteiger charge is -2.21. The second-order valence-electron chi connectivity index (χ2n) is 4.60. The zero-order valence-electron chi connectivity index (χ0n) is 10.8. The van der Waals surface area contributed by atoms with Crippen LogP contribution in [0.25, 0.3) is 0 Å². The molecule has 1 saturated carbocycles. The van der Waals surface area contributed by atoms with Gasteiger partial charge in [0.05, 0.1) is 5.56 Å². The maximum absolute atomic E-state index is 13.3. The zero-order chi connectivity index (χ0) is 14.7. The SMILES string of the molecule is C=CCN(C(=O)Nc1ccc(F)c(C(=O)O)c1)C1CC1. The van der Waals surface area contributed by atoms with Crippen molar-refractivity contribution >= 4 is 17.7 Å². The molecule has 2 N–H and O–H groups in total. The van der Waals surface area contributed by atoms with Gasteiger partial charge in [-0.2, -0.15) is 0 Å². The highest BCUT2D eigenvalue weighted by Gasteiger charge is 2.31. The summed E-state index contributed by atoms with van der Waals surface area (Å²) >= 11 is 0. The summed E-state index contributed by atoms with van der Waals surface area (Å²) in [5.74, 6) is -2.20. The molecular weight excluding hydrogens is 263 g/mol. The number of aromatic carboxylic acids is 1. The van der Waals surface area contributed by atoms with Gasteiger partial charge in [-0.1, -0.05) is 6.08 Å². The molecule has 0 radical (unpaired) electrons. The first-order chi connectivity index (χ1) is 9.52. The van der Waals surface area contributed by atoms with Crippen LogP contribution < -0.4 is 5.32 Å². The van der Waals surface area contributed by atoms with E-state index in [0.717, 1.165) is 25.0 Å². The van der Waals surface area contributed by atoms with Crippen molar-refractivity contribution in [3.05, 3.63) is 42.2 Å². The Morgan fingerprint density at radius 2 is 2.20 bits per heavy atom. The highest BCUT2D eigenvalue weighted by Crippen LogP contribution is 2.27. The van der Waals surface area contributed by atoms with Gasteiger partial charge in [-0.25, -0.2) is 14.0 Å². The van der Waals surface area contributed by atoms with Crippen LogP contribution in [0.4, 0.5) is 14.9 Å². The number of carboxylic acid groups (broad SMARTS) is 1. The second-order valence-corrected chi connectivity index (χ2v) is 4.60. The van der Waals surface area contributed by atoms with Crippen molar-refractivity contribution in [2.45, 2.75) is 18.9 Å². The van der Waals surface area contributed by atoms with Crippen molar-refractivity contribution in [2.75, 3.05) is 11.9 Å². The van der Waals surface area contributed by atoms with Crippen molar-refractivity contribution in [2.24, 2.45) is 0 Å². The lowest BCUT2D eigenvalue weighted by Crippen LogP contribution is -2.36. The second kappa shape index (κ2) is 5.73. The third-order valence-electron chi connectivity index (χ3n) is 3.02. The number of hydrogen-bond donors (Lipinski definition) is 2. The van der Waals surface area contributed by atoms with Gasteiger partial charge in [-0.15, -0.1) is 6.58 Å². The number of carbonyl (C=O) groups is 2. The van der Waals surface area contributed by atoms with Crippen molar-refractivity contribution in [1.29, 1.82) is 0 Å². The number of halogens is 1. The normalized spacial score (nSPS) is 13.7. The zero-order valence-corrected chi connectivity index (χ0v) is 10.8. The van der Waals surface area contributed by atoms with Crippen LogP contribution >= 0.6 is 0 Å². The van der Waals surface area contributed by atoms with Gasteiger partial charge in [0.1, 0.15) is 5.82 Å². The Labute approximate surface area is 115 Å². The lowest BCUT2D eigenvalue weighted by atomic mass is 10.2. The molecule has 0 atom stereocenters. The van der Waals surface area contributed by atoms with Crippen LogP contribution in [-0.4, -0.2) is 34.6 Å². The molecule has 1 aliphatic carbocycles. The molecular formula is C14H15FN2O3. The molecule has 5 nitrogen and oxygen atoms in total. The average molecular weight is 278 g/mol. The maximum Gasteiger partial charge on any atom is 0.338 e. The van der Waals surface area contributed by atoms with E-state index in [0.29, 0.717) is 6.54 Å². The lowest BCUT2D eigenvalue weighted by molar-refractivity contribution is 0.0692. The van der Waals surface area contributed by atoms with Gasteiger partial charge in [-0.3, -0.25) is 0 Å². The van der Waals surface area contributed by atoms with Crippen molar-refractivity contribution < 1.29 is 19.1 Å². The van der Waals surface area contributed by atoms with Gasteiger partial charge in [0, 0.05) is 18.3 Å². The monoisotopic (exact) mass is 278 g/mol. The van der Waals surface area contributed by atoms with Gasteiger partial charge in [0.2, 0.25) is 0 Å². The van der Waals surface area contributed by atoms with Gasteiger partial charge in [0.15, 0.2) is 0 Å². The molecule has 20 heavy (non-hydrogen) atoms. The molecule has 1 aliphatic rings. The molecule has 106 valence electrons. The highest BCUT2D eigenvalue weighted by molar-refractivity contribution is 5.93. The summed E-state index contributed by atoms with van der Waals surface area (Å²) in [4.78, 5) is 24.5. The Balaban J connectivity index is 2.12. The fourth-order valence-corrected chi connectivity index (χ4v) is 1.89. The highest BCUT2D eigenvalue weighted by atomic mass is 19.1. The first-order valence-corrected chi connectivity index (χ1v) is 6.24. The van der Waals surface area contributed by atoms with Crippen LogP contribution in [0.15, 0.2) is 30.9 Å². The molecule has 2 amide bonds. The van der Waals surface area contributed by atoms with E-state index in [-0.39, 0.29) is 17.8 Å². The van der Waals surface area contributed by atoms with E-state index in [4.69, 9.17) is 5.11 Å². The molecule has 0 aromatic heterocycles. The fraction of sp³-hybridized carbons (Fsp3) is 0.286. The summed E-state index contributed by atoms with van der Waals surface area (Å²) in [5.41, 5.74) is -0.215. The van der Waals surface area contributed by atoms with Crippen LogP contribution in [0.2, 0.25) is 0 Å². The fourth-order valence-electron chi connectivity index (χ4n) is 1.89. The van der Waals surface area contributed by atoms with Crippen LogP contribution in [0.1, 0.15) is 23.2 Å². The number of carbonyl (C=O) groups excluding carboxylic acids is 1. The Hall–Kier alpha value is -2.37. The van der Waals surface area contributed by atoms with Crippen molar-refractivity contribution in [3.63, 3.8) is 0 Å². The van der Waals surface area contributed by atoms with Crippen LogP contribution in [-0.2, 0) is 0 Å². The predicted octanol–water partition coefficient (Wildman–Crippen LogP) is 2.71. The van der Waals surface area contributed by atoms with E-state index >= 15 is 0 Å². The first-order valence-electron chi connectivity index (χ1n) is 6.24. The van der Waals surface area contributed by atoms with Crippen LogP contribution in [0.5, 0.6) is 0 Å². The van der Waals surface area contributed by atoms with E-state index < -0.39 is 17.3 Å². The number of carboxylic acids is 1. The summed E-state index contributed by atoms with van der Waals surface area (Å²) in [6.45, 7) is 4.02. The molecule has 0 heterocycles. The van der Waals surface area contributed by atoms with E-state index in [1.54, 1.807) is 11.0 Å². The Morgan fingerprint density at radius 3 is 2.75 bits per heavy atom. The topological polar surface area (TPSA) is 69.6 Å². The quantitative estimate of drug-likeness (QED) is 0.814. The number of anilines is 1. The van der Waals surface area contributed by atoms with Crippen molar-refractivity contribution in [1.82, 2.24) is 4.90 Å². The number of nitrogens with zero attached hydrogens (tertiary/aromatic N) is 1. The number of nitrogens with one attached hydrogen (secondary N) is 1. The number of benzene rings is 1. The van der Waals surface area contributed by atoms with Crippen LogP contribution in [0, 0.1) is 5.82 Å². The molecule has 6 heteroatoms. The Kier molecular flexibility index (Phi) is 4.02. The average Bonchev–Trinajstić information content (AvgIpc) is 3.22. The van der Waals surface area contributed by atoms with Gasteiger partial charge < -0.3 is 15.3 Å². The van der Waals surface area contributed by atoms with E-state index in [9.17, 15) is 14.0 Å². The molecule has 0 saturated heterocycles. The molecule has 1 aromatic rings. The molecule has 0 spiro atoms. The van der Waals surface area contributed by atoms with Gasteiger partial charge in [0.25, 0.3) is 0 Å². The summed E-state index contributed by atoms with van der Waals surface area (Å²) in [5, 5.41) is 11.4. The van der Waals surface area contributed by atoms with Gasteiger partial charge in [-0.05, 0) is 31.0 Å². The summed E-state index contributed by atoms with van der Waals surface area (Å²) in [6, 6.07) is 3.32. The number of urea groups is 1. The third kappa shape index (κ3) is 3.14. The molecule has 0 unspecified atom stereocenters. The minimum Gasteiger partial charge on any atom is -0.478 e. The Bertz CT molecular complexity index is 555. The summed E-state index contributed by atoms with van der Waals surface area (Å²) in [7, 11) is 0. The van der Waals surface area contributed by atoms with Crippen molar-refractivity contribution in [3.8, 4) is 0 Å². The number of rotatable bonds is 5. The predicted molar refractivity (Wildman–Crippen MR) is 72.3 cm³/mol. The van der Waals surface area contributed by atoms with E-state index in [1.807, 2.05) is 0 Å². The number of amides is 2.